The molecule has 0 aliphatic carbocycles. The fourth-order valence-corrected chi connectivity index (χ4v) is 0.305. The van der Waals surface area contributed by atoms with Crippen LogP contribution in [-0.2, 0) is 11.7 Å². The molecule has 1 N–H and O–H groups in total. The first-order valence-electron chi connectivity index (χ1n) is 1.86. The zero-order chi connectivity index (χ0) is 5.11. The molecule has 4 heteroatoms. The molecule has 1 radical (unpaired) electrons. The molecule has 1 heterocycles. The molecule has 1 rings (SSSR count). The van der Waals surface area contributed by atoms with Crippen LogP contribution in [0.15, 0.2) is 6.33 Å². The van der Waals surface area contributed by atoms with Crippen molar-refractivity contribution in [3.05, 3.63) is 12.2 Å². The summed E-state index contributed by atoms with van der Waals surface area (Å²) in [4.78, 5) is 3.56. The van der Waals surface area contributed by atoms with E-state index >= 15 is 0 Å². The summed E-state index contributed by atoms with van der Waals surface area (Å²) >= 11 is 0. The summed E-state index contributed by atoms with van der Waals surface area (Å²) in [6.45, 7) is -0.344. The van der Waals surface area contributed by atoms with Crippen molar-refractivity contribution in [3.8, 4) is 0 Å². The van der Waals surface area contributed by atoms with Gasteiger partial charge in [0.2, 0.25) is 0 Å². The molecule has 0 atom stereocenters. The average molecular weight is 98.1 g/mol. The molecule has 0 aliphatic rings. The fraction of sp³-hybridized carbons (Fsp3) is 0.333. The zero-order valence-electron chi connectivity index (χ0n) is 3.59. The van der Waals surface area contributed by atoms with Gasteiger partial charge in [0.25, 0.3) is 0 Å². The van der Waals surface area contributed by atoms with Crippen molar-refractivity contribution in [2.45, 2.75) is 6.61 Å². The van der Waals surface area contributed by atoms with Gasteiger partial charge in [0.15, 0.2) is 5.82 Å². The third-order valence-electron chi connectivity index (χ3n) is 0.594. The molecular formula is C3H4N3O. The van der Waals surface area contributed by atoms with Gasteiger partial charge in [0, 0.05) is 0 Å². The molecule has 1 aromatic rings. The van der Waals surface area contributed by atoms with E-state index in [4.69, 9.17) is 0 Å². The van der Waals surface area contributed by atoms with Gasteiger partial charge in [-0.15, -0.1) is 0 Å². The monoisotopic (exact) mass is 98.0 g/mol. The van der Waals surface area contributed by atoms with Crippen LogP contribution >= 0.6 is 0 Å². The minimum absolute atomic E-state index is 0.319. The maximum atomic E-state index is 9.85. The Morgan fingerprint density at radius 3 is 3.00 bits per heavy atom. The molecule has 37 valence electrons. The van der Waals surface area contributed by atoms with E-state index in [-0.39, 0.29) is 6.61 Å². The van der Waals surface area contributed by atoms with E-state index in [9.17, 15) is 5.11 Å². The minimum Gasteiger partial charge on any atom is -0.266 e. The Morgan fingerprint density at radius 2 is 2.71 bits per heavy atom. The van der Waals surface area contributed by atoms with Gasteiger partial charge < -0.3 is 0 Å². The first kappa shape index (κ1) is 4.26. The lowest BCUT2D eigenvalue weighted by Crippen LogP contribution is -1.81. The second-order valence-electron chi connectivity index (χ2n) is 1.06. The number of aromatic nitrogens is 3. The van der Waals surface area contributed by atoms with Crippen LogP contribution in [0.2, 0.25) is 0 Å². The quantitative estimate of drug-likeness (QED) is 0.525. The van der Waals surface area contributed by atoms with Crippen LogP contribution < -0.4 is 0 Å². The van der Waals surface area contributed by atoms with E-state index in [0.717, 1.165) is 0 Å². The Balaban J connectivity index is 2.76. The van der Waals surface area contributed by atoms with Crippen molar-refractivity contribution in [1.29, 1.82) is 0 Å². The van der Waals surface area contributed by atoms with E-state index in [2.05, 4.69) is 15.2 Å². The highest BCUT2D eigenvalue weighted by atomic mass is 16.3. The number of nitrogens with zero attached hydrogens (tertiary/aromatic N) is 2. The van der Waals surface area contributed by atoms with Crippen LogP contribution in [0.4, 0.5) is 0 Å². The van der Waals surface area contributed by atoms with Crippen molar-refractivity contribution in [2.24, 2.45) is 0 Å². The van der Waals surface area contributed by atoms with Gasteiger partial charge in [-0.05, 0) is 0 Å². The molecule has 0 spiro atoms. The molecule has 7 heavy (non-hydrogen) atoms. The molecule has 0 aliphatic heterocycles. The Hall–Kier alpha value is -0.900. The fourth-order valence-electron chi connectivity index (χ4n) is 0.305. The van der Waals surface area contributed by atoms with Gasteiger partial charge in [-0.25, -0.2) is 10.1 Å². The van der Waals surface area contributed by atoms with Crippen molar-refractivity contribution >= 4 is 0 Å². The van der Waals surface area contributed by atoms with Crippen LogP contribution in [0, 0.1) is 0 Å². The molecule has 1 aromatic heterocycles. The van der Waals surface area contributed by atoms with Gasteiger partial charge in [-0.3, -0.25) is 5.10 Å². The second kappa shape index (κ2) is 1.70. The lowest BCUT2D eigenvalue weighted by molar-refractivity contribution is 0.170. The lowest BCUT2D eigenvalue weighted by atomic mass is 10.7. The maximum Gasteiger partial charge on any atom is 0.179 e. The van der Waals surface area contributed by atoms with Crippen LogP contribution in [0.25, 0.3) is 0 Å². The molecular weight excluding hydrogens is 94.1 g/mol. The van der Waals surface area contributed by atoms with E-state index in [1.165, 1.54) is 6.33 Å². The standard InChI is InChI=1S/C3H4N3O/c7-1-3-4-2-5-6-3/h2H,1H2,(H,4,5,6). The summed E-state index contributed by atoms with van der Waals surface area (Å²) in [6, 6.07) is 0. The highest BCUT2D eigenvalue weighted by Gasteiger charge is 1.88. The average Bonchev–Trinajstić information content (AvgIpc) is 2.14. The van der Waals surface area contributed by atoms with Gasteiger partial charge in [0.05, 0.1) is 0 Å². The van der Waals surface area contributed by atoms with Crippen molar-refractivity contribution in [3.63, 3.8) is 0 Å². The largest absolute Gasteiger partial charge is 0.266 e. The maximum absolute atomic E-state index is 9.85. The summed E-state index contributed by atoms with van der Waals surface area (Å²) in [5.74, 6) is 0.319. The second-order valence-corrected chi connectivity index (χ2v) is 1.06. The number of hydrogen-bond donors (Lipinski definition) is 1. The first-order valence-corrected chi connectivity index (χ1v) is 1.86. The van der Waals surface area contributed by atoms with Crippen LogP contribution in [0.1, 0.15) is 5.82 Å². The number of hydrogen-bond acceptors (Lipinski definition) is 2. The van der Waals surface area contributed by atoms with Gasteiger partial charge >= 0.3 is 0 Å². The Bertz CT molecular complexity index is 125. The summed E-state index contributed by atoms with van der Waals surface area (Å²) in [5.41, 5.74) is 0. The van der Waals surface area contributed by atoms with Crippen LogP contribution in [0.3, 0.4) is 0 Å². The molecule has 0 amide bonds. The minimum atomic E-state index is -0.344. The van der Waals surface area contributed by atoms with E-state index in [1.807, 2.05) is 0 Å². The zero-order valence-corrected chi connectivity index (χ0v) is 3.59. The number of aromatic amines is 1. The van der Waals surface area contributed by atoms with E-state index < -0.39 is 0 Å². The summed E-state index contributed by atoms with van der Waals surface area (Å²) in [7, 11) is 0. The summed E-state index contributed by atoms with van der Waals surface area (Å²) in [5, 5.41) is 15.8. The number of H-pyrrole nitrogens is 1. The summed E-state index contributed by atoms with van der Waals surface area (Å²) < 4.78 is 0. The molecule has 0 unspecified atom stereocenters. The lowest BCUT2D eigenvalue weighted by Gasteiger charge is -1.72. The predicted molar refractivity (Wildman–Crippen MR) is 20.8 cm³/mol. The van der Waals surface area contributed by atoms with Gasteiger partial charge in [-0.2, -0.15) is 5.10 Å². The SMILES string of the molecule is [O]Cc1nc[nH]n1. The van der Waals surface area contributed by atoms with Crippen LogP contribution in [-0.4, -0.2) is 15.2 Å². The summed E-state index contributed by atoms with van der Waals surface area (Å²) in [6.07, 6.45) is 1.38. The highest BCUT2D eigenvalue weighted by Crippen LogP contribution is 1.80. The van der Waals surface area contributed by atoms with Gasteiger partial charge in [-0.1, -0.05) is 0 Å². The number of rotatable bonds is 1. The molecule has 0 fully saturated rings. The van der Waals surface area contributed by atoms with Crippen molar-refractivity contribution in [2.75, 3.05) is 0 Å². The molecule has 4 nitrogen and oxygen atoms in total. The Morgan fingerprint density at radius 1 is 1.86 bits per heavy atom. The Labute approximate surface area is 40.2 Å². The van der Waals surface area contributed by atoms with Crippen molar-refractivity contribution < 1.29 is 5.11 Å². The normalized spacial score (nSPS) is 9.29. The van der Waals surface area contributed by atoms with Crippen LogP contribution in [0.5, 0.6) is 0 Å². The molecule has 0 bridgehead atoms. The topological polar surface area (TPSA) is 61.5 Å². The first-order chi connectivity index (χ1) is 3.43. The van der Waals surface area contributed by atoms with Crippen molar-refractivity contribution in [1.82, 2.24) is 15.2 Å². The third-order valence-corrected chi connectivity index (χ3v) is 0.594. The van der Waals surface area contributed by atoms with E-state index in [0.29, 0.717) is 5.82 Å². The smallest absolute Gasteiger partial charge is 0.179 e. The number of nitrogens with one attached hydrogen (secondary N) is 1. The highest BCUT2D eigenvalue weighted by molar-refractivity contribution is 4.73. The molecule has 0 saturated heterocycles. The predicted octanol–water partition coefficient (Wildman–Crippen LogP) is -0.265. The van der Waals surface area contributed by atoms with E-state index in [1.54, 1.807) is 0 Å². The molecule has 0 aromatic carbocycles. The Kier molecular flexibility index (Phi) is 1.04. The van der Waals surface area contributed by atoms with Gasteiger partial charge in [0.1, 0.15) is 12.9 Å². The molecule has 0 saturated carbocycles. The third kappa shape index (κ3) is 0.747.